The average Bonchev–Trinajstić information content (AvgIpc) is 2.42. The molecule has 0 bridgehead atoms. The SMILES string of the molecule is C[C@@H](NCCCC(C)(C)/C(N)=N/O)c1ccccc1Br. The minimum atomic E-state index is -0.271. The van der Waals surface area contributed by atoms with Gasteiger partial charge in [0.15, 0.2) is 0 Å². The van der Waals surface area contributed by atoms with E-state index >= 15 is 0 Å². The summed E-state index contributed by atoms with van der Waals surface area (Å²) in [6.45, 7) is 7.01. The lowest BCUT2D eigenvalue weighted by Crippen LogP contribution is -2.33. The topological polar surface area (TPSA) is 70.6 Å². The maximum absolute atomic E-state index is 8.74. The van der Waals surface area contributed by atoms with Crippen molar-refractivity contribution in [3.05, 3.63) is 34.3 Å². The molecule has 0 unspecified atom stereocenters. The molecule has 0 aromatic heterocycles. The third kappa shape index (κ3) is 4.80. The highest BCUT2D eigenvalue weighted by atomic mass is 79.9. The molecule has 1 aromatic carbocycles. The van der Waals surface area contributed by atoms with Gasteiger partial charge in [0.2, 0.25) is 0 Å². The summed E-state index contributed by atoms with van der Waals surface area (Å²) in [5.41, 5.74) is 6.66. The number of rotatable bonds is 7. The Labute approximate surface area is 129 Å². The zero-order chi connectivity index (χ0) is 15.2. The number of oxime groups is 1. The Morgan fingerprint density at radius 2 is 2.10 bits per heavy atom. The lowest BCUT2D eigenvalue weighted by atomic mass is 9.86. The Kier molecular flexibility index (Phi) is 6.49. The summed E-state index contributed by atoms with van der Waals surface area (Å²) in [4.78, 5) is 0. The van der Waals surface area contributed by atoms with E-state index in [0.29, 0.717) is 0 Å². The molecule has 4 nitrogen and oxygen atoms in total. The third-order valence-corrected chi connectivity index (χ3v) is 4.32. The van der Waals surface area contributed by atoms with Crippen LogP contribution in [0.3, 0.4) is 0 Å². The van der Waals surface area contributed by atoms with Crippen molar-refractivity contribution in [2.75, 3.05) is 6.54 Å². The van der Waals surface area contributed by atoms with Gasteiger partial charge in [-0.25, -0.2) is 0 Å². The van der Waals surface area contributed by atoms with Gasteiger partial charge in [0.25, 0.3) is 0 Å². The Morgan fingerprint density at radius 3 is 2.70 bits per heavy atom. The molecular formula is C15H24BrN3O. The molecule has 0 amide bonds. The van der Waals surface area contributed by atoms with Crippen LogP contribution in [0.15, 0.2) is 33.9 Å². The normalized spacial score (nSPS) is 14.3. The third-order valence-electron chi connectivity index (χ3n) is 3.60. The average molecular weight is 342 g/mol. The minimum Gasteiger partial charge on any atom is -0.409 e. The van der Waals surface area contributed by atoms with Gasteiger partial charge in [0.05, 0.1) is 0 Å². The summed E-state index contributed by atoms with van der Waals surface area (Å²) < 4.78 is 1.12. The predicted molar refractivity (Wildman–Crippen MR) is 87.0 cm³/mol. The van der Waals surface area contributed by atoms with Crippen molar-refractivity contribution < 1.29 is 5.21 Å². The van der Waals surface area contributed by atoms with Crippen LogP contribution in [-0.4, -0.2) is 17.6 Å². The molecule has 0 aliphatic rings. The minimum absolute atomic E-state index is 0.271. The number of benzene rings is 1. The lowest BCUT2D eigenvalue weighted by Gasteiger charge is -2.23. The molecular weight excluding hydrogens is 318 g/mol. The Hall–Kier alpha value is -1.07. The van der Waals surface area contributed by atoms with E-state index in [2.05, 4.69) is 45.5 Å². The first kappa shape index (κ1) is 17.0. The molecule has 0 saturated heterocycles. The van der Waals surface area contributed by atoms with Crippen LogP contribution in [0.25, 0.3) is 0 Å². The Bertz CT molecular complexity index is 460. The van der Waals surface area contributed by atoms with Crippen LogP contribution >= 0.6 is 15.9 Å². The zero-order valence-corrected chi connectivity index (χ0v) is 13.9. The highest BCUT2D eigenvalue weighted by molar-refractivity contribution is 9.10. The molecule has 1 atom stereocenters. The maximum Gasteiger partial charge on any atom is 0.144 e. The van der Waals surface area contributed by atoms with E-state index in [9.17, 15) is 0 Å². The van der Waals surface area contributed by atoms with Crippen LogP contribution in [0.4, 0.5) is 0 Å². The number of hydrogen-bond acceptors (Lipinski definition) is 3. The monoisotopic (exact) mass is 341 g/mol. The smallest absolute Gasteiger partial charge is 0.144 e. The summed E-state index contributed by atoms with van der Waals surface area (Å²) in [6, 6.07) is 8.51. The van der Waals surface area contributed by atoms with E-state index in [0.717, 1.165) is 23.9 Å². The molecule has 112 valence electrons. The van der Waals surface area contributed by atoms with Crippen molar-refractivity contribution in [1.82, 2.24) is 5.32 Å². The second-order valence-corrected chi connectivity index (χ2v) is 6.52. The second kappa shape index (κ2) is 7.64. The van der Waals surface area contributed by atoms with E-state index in [1.807, 2.05) is 26.0 Å². The van der Waals surface area contributed by atoms with E-state index in [4.69, 9.17) is 10.9 Å². The number of hydrogen-bond donors (Lipinski definition) is 3. The summed E-state index contributed by atoms with van der Waals surface area (Å²) in [6.07, 6.45) is 1.84. The highest BCUT2D eigenvalue weighted by Gasteiger charge is 2.22. The molecule has 1 aromatic rings. The summed E-state index contributed by atoms with van der Waals surface area (Å²) in [5.74, 6) is 0.288. The number of nitrogens with two attached hydrogens (primary N) is 1. The van der Waals surface area contributed by atoms with Crippen LogP contribution in [0.5, 0.6) is 0 Å². The number of halogens is 1. The first-order valence-corrected chi connectivity index (χ1v) is 7.63. The summed E-state index contributed by atoms with van der Waals surface area (Å²) >= 11 is 3.57. The lowest BCUT2D eigenvalue weighted by molar-refractivity contribution is 0.304. The van der Waals surface area contributed by atoms with Crippen LogP contribution < -0.4 is 11.1 Å². The molecule has 5 heteroatoms. The summed E-state index contributed by atoms with van der Waals surface area (Å²) in [5, 5.41) is 15.3. The first-order chi connectivity index (χ1) is 9.38. The molecule has 0 fully saturated rings. The molecule has 0 saturated carbocycles. The number of amidine groups is 1. The Balaban J connectivity index is 2.40. The molecule has 1 rings (SSSR count). The predicted octanol–water partition coefficient (Wildman–Crippen LogP) is 3.65. The van der Waals surface area contributed by atoms with Gasteiger partial charge in [-0.05, 0) is 37.9 Å². The summed E-state index contributed by atoms with van der Waals surface area (Å²) in [7, 11) is 0. The standard InChI is InChI=1S/C15H24BrN3O/c1-11(12-7-4-5-8-13(12)16)18-10-6-9-15(2,3)14(17)19-20/h4-5,7-8,11,18,20H,6,9-10H2,1-3H3,(H2,17,19)/t11-/m1/s1. The van der Waals surface area contributed by atoms with Crippen LogP contribution in [-0.2, 0) is 0 Å². The maximum atomic E-state index is 8.74. The second-order valence-electron chi connectivity index (χ2n) is 5.67. The van der Waals surface area contributed by atoms with Gasteiger partial charge in [-0.15, -0.1) is 0 Å². The molecule has 0 aliphatic carbocycles. The fraction of sp³-hybridized carbons (Fsp3) is 0.533. The quantitative estimate of drug-likeness (QED) is 0.233. The van der Waals surface area contributed by atoms with Crippen molar-refractivity contribution in [3.8, 4) is 0 Å². The van der Waals surface area contributed by atoms with Gasteiger partial charge in [0, 0.05) is 15.9 Å². The van der Waals surface area contributed by atoms with E-state index in [1.54, 1.807) is 0 Å². The van der Waals surface area contributed by atoms with Gasteiger partial charge in [0.1, 0.15) is 5.84 Å². The van der Waals surface area contributed by atoms with Gasteiger partial charge >= 0.3 is 0 Å². The molecule has 0 heterocycles. The van der Waals surface area contributed by atoms with Crippen LogP contribution in [0, 0.1) is 5.41 Å². The van der Waals surface area contributed by atoms with Gasteiger partial charge in [-0.2, -0.15) is 0 Å². The number of nitrogens with zero attached hydrogens (tertiary/aromatic N) is 1. The van der Waals surface area contributed by atoms with Gasteiger partial charge in [-0.1, -0.05) is 53.1 Å². The number of nitrogens with one attached hydrogen (secondary N) is 1. The van der Waals surface area contributed by atoms with E-state index < -0.39 is 0 Å². The van der Waals surface area contributed by atoms with E-state index in [1.165, 1.54) is 5.56 Å². The van der Waals surface area contributed by atoms with Crippen LogP contribution in [0.2, 0.25) is 0 Å². The van der Waals surface area contributed by atoms with Crippen molar-refractivity contribution in [2.45, 2.75) is 39.7 Å². The zero-order valence-electron chi connectivity index (χ0n) is 12.4. The fourth-order valence-electron chi connectivity index (χ4n) is 2.05. The fourth-order valence-corrected chi connectivity index (χ4v) is 2.68. The Morgan fingerprint density at radius 1 is 1.45 bits per heavy atom. The largest absolute Gasteiger partial charge is 0.409 e. The van der Waals surface area contributed by atoms with Crippen LogP contribution in [0.1, 0.15) is 45.2 Å². The molecule has 0 spiro atoms. The van der Waals surface area contributed by atoms with Crippen molar-refractivity contribution in [3.63, 3.8) is 0 Å². The molecule has 4 N–H and O–H groups in total. The molecule has 0 aliphatic heterocycles. The van der Waals surface area contributed by atoms with Gasteiger partial charge < -0.3 is 16.3 Å². The highest BCUT2D eigenvalue weighted by Crippen LogP contribution is 2.24. The molecule has 20 heavy (non-hydrogen) atoms. The van der Waals surface area contributed by atoms with E-state index in [-0.39, 0.29) is 17.3 Å². The van der Waals surface area contributed by atoms with Crippen molar-refractivity contribution in [1.29, 1.82) is 0 Å². The first-order valence-electron chi connectivity index (χ1n) is 6.84. The van der Waals surface area contributed by atoms with Crippen molar-refractivity contribution in [2.24, 2.45) is 16.3 Å². The van der Waals surface area contributed by atoms with Crippen molar-refractivity contribution >= 4 is 21.8 Å². The molecule has 0 radical (unpaired) electrons. The van der Waals surface area contributed by atoms with Gasteiger partial charge in [-0.3, -0.25) is 0 Å².